The van der Waals surface area contributed by atoms with Crippen molar-refractivity contribution < 1.29 is 14.7 Å². The number of piperazine rings is 1. The van der Waals surface area contributed by atoms with Crippen molar-refractivity contribution in [2.75, 3.05) is 33.2 Å². The van der Waals surface area contributed by atoms with Gasteiger partial charge in [0, 0.05) is 50.4 Å². The number of hydrogen-bond acceptors (Lipinski definition) is 6. The molecule has 32 heavy (non-hydrogen) atoms. The van der Waals surface area contributed by atoms with Gasteiger partial charge in [0.15, 0.2) is 5.56 Å². The summed E-state index contributed by atoms with van der Waals surface area (Å²) in [7, 11) is 2.02. The number of rotatable bonds is 6. The van der Waals surface area contributed by atoms with Crippen molar-refractivity contribution in [1.82, 2.24) is 29.3 Å². The zero-order valence-corrected chi connectivity index (χ0v) is 18.7. The predicted octanol–water partition coefficient (Wildman–Crippen LogP) is 0.537. The van der Waals surface area contributed by atoms with Crippen LogP contribution in [0.5, 0.6) is 5.88 Å². The summed E-state index contributed by atoms with van der Waals surface area (Å²) in [4.78, 5) is 42.4. The lowest BCUT2D eigenvalue weighted by molar-refractivity contribution is -0.127. The SMILES string of the molecule is CC(C)Cn1c(=O)c(C(=O)NC2CC2)c(O)n2ncc(C=CC(=O)N3CCN(C)CC3)c12. The van der Waals surface area contributed by atoms with E-state index in [1.54, 1.807) is 11.0 Å². The van der Waals surface area contributed by atoms with E-state index in [-0.39, 0.29) is 23.4 Å². The van der Waals surface area contributed by atoms with Crippen LogP contribution in [-0.4, -0.2) is 80.2 Å². The number of nitrogens with zero attached hydrogens (tertiary/aromatic N) is 5. The molecule has 0 aromatic carbocycles. The molecule has 1 saturated heterocycles. The molecular weight excluding hydrogens is 412 g/mol. The zero-order valence-electron chi connectivity index (χ0n) is 18.7. The van der Waals surface area contributed by atoms with Gasteiger partial charge in [0.25, 0.3) is 11.5 Å². The highest BCUT2D eigenvalue weighted by Crippen LogP contribution is 2.23. The second-order valence-corrected chi connectivity index (χ2v) is 9.05. The Morgan fingerprint density at radius 3 is 2.56 bits per heavy atom. The lowest BCUT2D eigenvalue weighted by Gasteiger charge is -2.31. The summed E-state index contributed by atoms with van der Waals surface area (Å²) in [5.41, 5.74) is 0.000801. The normalized spacial score (nSPS) is 17.6. The smallest absolute Gasteiger partial charge is 0.270 e. The highest BCUT2D eigenvalue weighted by Gasteiger charge is 2.30. The van der Waals surface area contributed by atoms with E-state index < -0.39 is 17.3 Å². The van der Waals surface area contributed by atoms with E-state index in [2.05, 4.69) is 15.3 Å². The van der Waals surface area contributed by atoms with Crippen molar-refractivity contribution in [1.29, 1.82) is 0 Å². The highest BCUT2D eigenvalue weighted by molar-refractivity contribution is 5.97. The molecule has 10 heteroatoms. The van der Waals surface area contributed by atoms with Gasteiger partial charge in [0.05, 0.1) is 6.20 Å². The molecule has 2 fully saturated rings. The minimum atomic E-state index is -0.591. The van der Waals surface area contributed by atoms with Crippen molar-refractivity contribution in [3.05, 3.63) is 33.8 Å². The van der Waals surface area contributed by atoms with Crippen LogP contribution in [0.2, 0.25) is 0 Å². The Hall–Kier alpha value is -3.14. The number of nitrogens with one attached hydrogen (secondary N) is 1. The van der Waals surface area contributed by atoms with Gasteiger partial charge in [0.2, 0.25) is 11.8 Å². The quantitative estimate of drug-likeness (QED) is 0.632. The van der Waals surface area contributed by atoms with E-state index in [0.29, 0.717) is 30.8 Å². The molecule has 1 aliphatic heterocycles. The van der Waals surface area contributed by atoms with Crippen LogP contribution < -0.4 is 10.9 Å². The molecule has 2 aliphatic rings. The van der Waals surface area contributed by atoms with Crippen LogP contribution in [0, 0.1) is 5.92 Å². The molecule has 2 N–H and O–H groups in total. The fourth-order valence-corrected chi connectivity index (χ4v) is 3.84. The summed E-state index contributed by atoms with van der Waals surface area (Å²) in [6.07, 6.45) is 6.31. The van der Waals surface area contributed by atoms with E-state index in [4.69, 9.17) is 0 Å². The molecule has 0 bridgehead atoms. The van der Waals surface area contributed by atoms with Gasteiger partial charge in [-0.3, -0.25) is 19.0 Å². The molecule has 2 amide bonds. The standard InChI is InChI=1S/C22H30N6O4/c1-14(2)13-27-20-15(4-7-17(29)26-10-8-25(3)9-11-26)12-23-28(20)22(32)18(21(27)31)19(30)24-16-5-6-16/h4,7,12,14,16,32H,5-6,8-11,13H2,1-3H3,(H,24,30). The van der Waals surface area contributed by atoms with Crippen LogP contribution >= 0.6 is 0 Å². The number of carbonyl (C=O) groups excluding carboxylic acids is 2. The molecule has 1 saturated carbocycles. The number of likely N-dealkylation sites (N-methyl/N-ethyl adjacent to an activating group) is 1. The monoisotopic (exact) mass is 442 g/mol. The van der Waals surface area contributed by atoms with Crippen LogP contribution in [0.4, 0.5) is 0 Å². The molecule has 2 aromatic heterocycles. The first-order valence-electron chi connectivity index (χ1n) is 11.1. The molecule has 0 unspecified atom stereocenters. The molecule has 10 nitrogen and oxygen atoms in total. The number of hydrogen-bond donors (Lipinski definition) is 2. The van der Waals surface area contributed by atoms with Crippen LogP contribution in [0.15, 0.2) is 17.1 Å². The first-order chi connectivity index (χ1) is 15.3. The lowest BCUT2D eigenvalue weighted by Crippen LogP contribution is -2.46. The maximum absolute atomic E-state index is 13.2. The van der Waals surface area contributed by atoms with E-state index in [1.807, 2.05) is 20.9 Å². The topological polar surface area (TPSA) is 112 Å². The Morgan fingerprint density at radius 1 is 1.25 bits per heavy atom. The second-order valence-electron chi connectivity index (χ2n) is 9.05. The Bertz CT molecular complexity index is 1120. The predicted molar refractivity (Wildman–Crippen MR) is 120 cm³/mol. The Kier molecular flexibility index (Phi) is 6.05. The maximum atomic E-state index is 13.2. The average molecular weight is 443 g/mol. The van der Waals surface area contributed by atoms with Crippen LogP contribution in [-0.2, 0) is 11.3 Å². The maximum Gasteiger partial charge on any atom is 0.270 e. The van der Waals surface area contributed by atoms with Crippen molar-refractivity contribution in [2.45, 2.75) is 39.3 Å². The van der Waals surface area contributed by atoms with E-state index in [1.165, 1.54) is 21.4 Å². The molecule has 0 atom stereocenters. The summed E-state index contributed by atoms with van der Waals surface area (Å²) in [6.45, 7) is 7.23. The lowest BCUT2D eigenvalue weighted by atomic mass is 10.2. The first kappa shape index (κ1) is 22.1. The zero-order chi connectivity index (χ0) is 23.0. The molecule has 0 spiro atoms. The molecule has 172 valence electrons. The third-order valence-electron chi connectivity index (χ3n) is 5.82. The van der Waals surface area contributed by atoms with Crippen LogP contribution in [0.1, 0.15) is 42.6 Å². The third kappa shape index (κ3) is 4.40. The second kappa shape index (κ2) is 8.78. The summed E-state index contributed by atoms with van der Waals surface area (Å²) < 4.78 is 2.66. The van der Waals surface area contributed by atoms with Crippen LogP contribution in [0.25, 0.3) is 11.7 Å². The summed E-state index contributed by atoms with van der Waals surface area (Å²) in [5.74, 6) is -1.08. The third-order valence-corrected chi connectivity index (χ3v) is 5.82. The molecule has 1 aliphatic carbocycles. The number of aromatic hydroxyl groups is 1. The van der Waals surface area contributed by atoms with E-state index >= 15 is 0 Å². The van der Waals surface area contributed by atoms with Gasteiger partial charge in [-0.15, -0.1) is 0 Å². The van der Waals surface area contributed by atoms with Crippen molar-refractivity contribution >= 4 is 23.5 Å². The largest absolute Gasteiger partial charge is 0.492 e. The minimum Gasteiger partial charge on any atom is -0.492 e. The average Bonchev–Trinajstić information content (AvgIpc) is 3.45. The summed E-state index contributed by atoms with van der Waals surface area (Å²) in [6, 6.07) is 0.0484. The molecule has 4 rings (SSSR count). The molecule has 0 radical (unpaired) electrons. The Balaban J connectivity index is 1.72. The summed E-state index contributed by atoms with van der Waals surface area (Å²) in [5, 5.41) is 17.7. The fraction of sp³-hybridized carbons (Fsp3) is 0.545. The van der Waals surface area contributed by atoms with Gasteiger partial charge in [0.1, 0.15) is 5.65 Å². The van der Waals surface area contributed by atoms with Gasteiger partial charge < -0.3 is 20.2 Å². The van der Waals surface area contributed by atoms with E-state index in [0.717, 1.165) is 25.9 Å². The number of aromatic nitrogens is 3. The summed E-state index contributed by atoms with van der Waals surface area (Å²) >= 11 is 0. The van der Waals surface area contributed by atoms with Crippen molar-refractivity contribution in [3.8, 4) is 5.88 Å². The van der Waals surface area contributed by atoms with Gasteiger partial charge in [-0.2, -0.15) is 9.61 Å². The van der Waals surface area contributed by atoms with Gasteiger partial charge in [-0.05, 0) is 31.9 Å². The van der Waals surface area contributed by atoms with Gasteiger partial charge in [-0.25, -0.2) is 0 Å². The van der Waals surface area contributed by atoms with Gasteiger partial charge in [-0.1, -0.05) is 13.8 Å². The van der Waals surface area contributed by atoms with Gasteiger partial charge >= 0.3 is 0 Å². The molecule has 3 heterocycles. The number of amides is 2. The van der Waals surface area contributed by atoms with Crippen LogP contribution in [0.3, 0.4) is 0 Å². The molecular formula is C22H30N6O4. The minimum absolute atomic E-state index is 0.0484. The Morgan fingerprint density at radius 2 is 1.94 bits per heavy atom. The Labute approximate surface area is 186 Å². The first-order valence-corrected chi connectivity index (χ1v) is 11.1. The van der Waals surface area contributed by atoms with Crippen molar-refractivity contribution in [3.63, 3.8) is 0 Å². The van der Waals surface area contributed by atoms with E-state index in [9.17, 15) is 19.5 Å². The fourth-order valence-electron chi connectivity index (χ4n) is 3.84. The number of carbonyl (C=O) groups is 2. The molecule has 2 aromatic rings. The highest BCUT2D eigenvalue weighted by atomic mass is 16.3. The van der Waals surface area contributed by atoms with Crippen molar-refractivity contribution in [2.24, 2.45) is 5.92 Å². The number of fused-ring (bicyclic) bond motifs is 1.